The Kier molecular flexibility index (Phi) is 3.56. The number of benzene rings is 1. The van der Waals surface area contributed by atoms with Crippen LogP contribution in [0.4, 0.5) is 5.69 Å². The third-order valence-electron chi connectivity index (χ3n) is 2.02. The molecule has 13 heavy (non-hydrogen) atoms. The fourth-order valence-electron chi connectivity index (χ4n) is 1.34. The molecular formula is C12H17N. The lowest BCUT2D eigenvalue weighted by atomic mass is 10.0. The number of para-hydroxylation sites is 1. The van der Waals surface area contributed by atoms with E-state index in [-0.39, 0.29) is 0 Å². The van der Waals surface area contributed by atoms with Gasteiger partial charge in [0, 0.05) is 12.2 Å². The van der Waals surface area contributed by atoms with Crippen LogP contribution in [0.25, 0.3) is 0 Å². The molecule has 1 aromatic rings. The summed E-state index contributed by atoms with van der Waals surface area (Å²) < 4.78 is 0. The summed E-state index contributed by atoms with van der Waals surface area (Å²) in [6.07, 6.45) is 1.87. The van der Waals surface area contributed by atoms with Crippen molar-refractivity contribution in [3.63, 3.8) is 0 Å². The molecule has 1 rings (SSSR count). The van der Waals surface area contributed by atoms with Gasteiger partial charge in [0.25, 0.3) is 0 Å². The highest BCUT2D eigenvalue weighted by atomic mass is 14.9. The Bertz CT molecular complexity index is 276. The lowest BCUT2D eigenvalue weighted by Crippen LogP contribution is -2.02. The summed E-state index contributed by atoms with van der Waals surface area (Å²) in [5.74, 6) is 0.563. The molecule has 1 aromatic carbocycles. The molecule has 0 saturated carbocycles. The van der Waals surface area contributed by atoms with Gasteiger partial charge in [-0.05, 0) is 17.5 Å². The summed E-state index contributed by atoms with van der Waals surface area (Å²) in [4.78, 5) is 0. The molecule has 0 saturated heterocycles. The highest BCUT2D eigenvalue weighted by Gasteiger charge is 2.03. The first-order valence-electron chi connectivity index (χ1n) is 4.69. The minimum absolute atomic E-state index is 0.563. The molecule has 0 fully saturated rings. The van der Waals surface area contributed by atoms with Gasteiger partial charge in [-0.15, -0.1) is 6.58 Å². The molecule has 1 heteroatoms. The topological polar surface area (TPSA) is 12.0 Å². The number of rotatable bonds is 4. The van der Waals surface area contributed by atoms with Crippen LogP contribution < -0.4 is 5.32 Å². The van der Waals surface area contributed by atoms with Crippen molar-refractivity contribution in [2.75, 3.05) is 11.9 Å². The van der Waals surface area contributed by atoms with Crippen molar-refractivity contribution >= 4 is 5.69 Å². The molecule has 0 aliphatic carbocycles. The van der Waals surface area contributed by atoms with Gasteiger partial charge in [-0.25, -0.2) is 0 Å². The summed E-state index contributed by atoms with van der Waals surface area (Å²) >= 11 is 0. The summed E-state index contributed by atoms with van der Waals surface area (Å²) in [5, 5.41) is 3.33. The van der Waals surface area contributed by atoms with Crippen LogP contribution >= 0.6 is 0 Å². The summed E-state index contributed by atoms with van der Waals surface area (Å²) in [6, 6.07) is 8.40. The van der Waals surface area contributed by atoms with E-state index < -0.39 is 0 Å². The van der Waals surface area contributed by atoms with Gasteiger partial charge in [0.1, 0.15) is 0 Å². The molecule has 0 unspecified atom stereocenters. The van der Waals surface area contributed by atoms with Gasteiger partial charge in [-0.2, -0.15) is 0 Å². The fourth-order valence-corrected chi connectivity index (χ4v) is 1.34. The molecule has 1 N–H and O–H groups in total. The summed E-state index contributed by atoms with van der Waals surface area (Å²) in [6.45, 7) is 8.92. The second-order valence-corrected chi connectivity index (χ2v) is 3.41. The van der Waals surface area contributed by atoms with Crippen molar-refractivity contribution in [2.45, 2.75) is 19.8 Å². The van der Waals surface area contributed by atoms with Crippen LogP contribution in [0.2, 0.25) is 0 Å². The number of nitrogens with one attached hydrogen (secondary N) is 1. The molecule has 0 aromatic heterocycles. The number of hydrogen-bond donors (Lipinski definition) is 1. The first kappa shape index (κ1) is 9.85. The maximum atomic E-state index is 3.69. The average Bonchev–Trinajstić information content (AvgIpc) is 2.15. The van der Waals surface area contributed by atoms with Gasteiger partial charge in [-0.1, -0.05) is 38.1 Å². The van der Waals surface area contributed by atoms with E-state index in [1.165, 1.54) is 11.3 Å². The maximum Gasteiger partial charge on any atom is 0.0377 e. The van der Waals surface area contributed by atoms with Gasteiger partial charge < -0.3 is 5.32 Å². The van der Waals surface area contributed by atoms with E-state index in [0.717, 1.165) is 6.54 Å². The Hall–Kier alpha value is -1.24. The highest BCUT2D eigenvalue weighted by molar-refractivity contribution is 5.52. The molecule has 0 bridgehead atoms. The smallest absolute Gasteiger partial charge is 0.0377 e. The third kappa shape index (κ3) is 2.62. The van der Waals surface area contributed by atoms with Gasteiger partial charge >= 0.3 is 0 Å². The van der Waals surface area contributed by atoms with Gasteiger partial charge in [0.05, 0.1) is 0 Å². The minimum Gasteiger partial charge on any atom is -0.381 e. The van der Waals surface area contributed by atoms with Crippen LogP contribution in [0.15, 0.2) is 36.9 Å². The summed E-state index contributed by atoms with van der Waals surface area (Å²) in [7, 11) is 0. The zero-order valence-corrected chi connectivity index (χ0v) is 8.38. The molecule has 1 nitrogen and oxygen atoms in total. The van der Waals surface area contributed by atoms with Crippen molar-refractivity contribution < 1.29 is 0 Å². The van der Waals surface area contributed by atoms with Crippen molar-refractivity contribution in [3.05, 3.63) is 42.5 Å². The zero-order chi connectivity index (χ0) is 9.68. The van der Waals surface area contributed by atoms with Crippen LogP contribution in [0.3, 0.4) is 0 Å². The van der Waals surface area contributed by atoms with Gasteiger partial charge in [-0.3, -0.25) is 0 Å². The normalized spacial score (nSPS) is 10.1. The van der Waals surface area contributed by atoms with Crippen molar-refractivity contribution in [3.8, 4) is 0 Å². The minimum atomic E-state index is 0.563. The Morgan fingerprint density at radius 1 is 1.38 bits per heavy atom. The first-order valence-corrected chi connectivity index (χ1v) is 4.69. The second-order valence-electron chi connectivity index (χ2n) is 3.41. The summed E-state index contributed by atoms with van der Waals surface area (Å²) in [5.41, 5.74) is 2.58. The molecular weight excluding hydrogens is 158 g/mol. The van der Waals surface area contributed by atoms with Crippen LogP contribution in [0.5, 0.6) is 0 Å². The molecule has 0 radical (unpaired) electrons. The largest absolute Gasteiger partial charge is 0.381 e. The van der Waals surface area contributed by atoms with Gasteiger partial charge in [0.2, 0.25) is 0 Å². The van der Waals surface area contributed by atoms with E-state index in [1.807, 2.05) is 6.08 Å². The van der Waals surface area contributed by atoms with E-state index in [2.05, 4.69) is 50.0 Å². The molecule has 70 valence electrons. The average molecular weight is 175 g/mol. The van der Waals surface area contributed by atoms with Crippen molar-refractivity contribution in [1.29, 1.82) is 0 Å². The Morgan fingerprint density at radius 2 is 2.08 bits per heavy atom. The maximum absolute atomic E-state index is 3.69. The molecule has 0 amide bonds. The van der Waals surface area contributed by atoms with Crippen LogP contribution in [0, 0.1) is 0 Å². The van der Waals surface area contributed by atoms with E-state index >= 15 is 0 Å². The van der Waals surface area contributed by atoms with Crippen LogP contribution in [0.1, 0.15) is 25.3 Å². The van der Waals surface area contributed by atoms with Crippen LogP contribution in [-0.2, 0) is 0 Å². The predicted octanol–water partition coefficient (Wildman–Crippen LogP) is 3.41. The van der Waals surface area contributed by atoms with Gasteiger partial charge in [0.15, 0.2) is 0 Å². The Morgan fingerprint density at radius 3 is 2.69 bits per heavy atom. The quantitative estimate of drug-likeness (QED) is 0.691. The predicted molar refractivity (Wildman–Crippen MR) is 59.2 cm³/mol. The lowest BCUT2D eigenvalue weighted by Gasteiger charge is -2.12. The molecule has 0 spiro atoms. The number of anilines is 1. The first-order chi connectivity index (χ1) is 6.25. The van der Waals surface area contributed by atoms with E-state index in [1.54, 1.807) is 0 Å². The van der Waals surface area contributed by atoms with E-state index in [4.69, 9.17) is 0 Å². The zero-order valence-electron chi connectivity index (χ0n) is 8.38. The molecule has 0 aliphatic heterocycles. The van der Waals surface area contributed by atoms with E-state index in [9.17, 15) is 0 Å². The Labute approximate surface area is 80.5 Å². The van der Waals surface area contributed by atoms with Crippen molar-refractivity contribution in [2.24, 2.45) is 0 Å². The standard InChI is InChI=1S/C12H17N/c1-4-9-13-12-8-6-5-7-11(12)10(2)3/h4-8,10,13H,1,9H2,2-3H3. The van der Waals surface area contributed by atoms with Crippen molar-refractivity contribution in [1.82, 2.24) is 0 Å². The highest BCUT2D eigenvalue weighted by Crippen LogP contribution is 2.23. The third-order valence-corrected chi connectivity index (χ3v) is 2.02. The monoisotopic (exact) mass is 175 g/mol. The Balaban J connectivity index is 2.84. The lowest BCUT2D eigenvalue weighted by molar-refractivity contribution is 0.867. The molecule has 0 atom stereocenters. The van der Waals surface area contributed by atoms with Crippen LogP contribution in [-0.4, -0.2) is 6.54 Å². The number of hydrogen-bond acceptors (Lipinski definition) is 1. The molecule has 0 aliphatic rings. The fraction of sp³-hybridized carbons (Fsp3) is 0.333. The molecule has 0 heterocycles. The van der Waals surface area contributed by atoms with E-state index in [0.29, 0.717) is 5.92 Å². The second kappa shape index (κ2) is 4.70. The SMILES string of the molecule is C=CCNc1ccccc1C(C)C.